The van der Waals surface area contributed by atoms with Crippen LogP contribution in [0.25, 0.3) is 11.1 Å². The average Bonchev–Trinajstić information content (AvgIpc) is 3.36. The molecule has 3 aromatic carbocycles. The van der Waals surface area contributed by atoms with Gasteiger partial charge in [-0.1, -0.05) is 11.6 Å². The highest BCUT2D eigenvalue weighted by atomic mass is 35.5. The summed E-state index contributed by atoms with van der Waals surface area (Å²) in [6.07, 6.45) is 0.0343. The summed E-state index contributed by atoms with van der Waals surface area (Å²) in [5.41, 5.74) is 5.51. The van der Waals surface area contributed by atoms with E-state index >= 15 is 4.39 Å². The highest BCUT2D eigenvalue weighted by Gasteiger charge is 2.37. The van der Waals surface area contributed by atoms with Gasteiger partial charge in [0.05, 0.1) is 12.2 Å². The van der Waals surface area contributed by atoms with Crippen molar-refractivity contribution in [3.63, 3.8) is 0 Å². The average molecular weight is 598 g/mol. The number of hydrogen-bond donors (Lipinski definition) is 1. The summed E-state index contributed by atoms with van der Waals surface area (Å²) in [4.78, 5) is 27.9. The fourth-order valence-electron chi connectivity index (χ4n) is 6.20. The van der Waals surface area contributed by atoms with Crippen LogP contribution in [-0.2, 0) is 29.0 Å². The van der Waals surface area contributed by atoms with Crippen molar-refractivity contribution in [1.29, 1.82) is 0 Å². The molecule has 2 heterocycles. The van der Waals surface area contributed by atoms with E-state index in [2.05, 4.69) is 0 Å². The third-order valence-electron chi connectivity index (χ3n) is 8.08. The molecule has 2 aliphatic heterocycles. The third-order valence-corrected chi connectivity index (χ3v) is 8.29. The number of benzene rings is 3. The molecule has 1 N–H and O–H groups in total. The van der Waals surface area contributed by atoms with Crippen molar-refractivity contribution in [3.8, 4) is 16.9 Å². The number of ether oxygens (including phenoxy) is 2. The monoisotopic (exact) mass is 597 g/mol. The Hall–Kier alpha value is -3.49. The molecule has 3 aromatic rings. The van der Waals surface area contributed by atoms with Gasteiger partial charge in [-0.2, -0.15) is 0 Å². The molecule has 0 saturated heterocycles. The van der Waals surface area contributed by atoms with Crippen molar-refractivity contribution >= 4 is 23.5 Å². The quantitative estimate of drug-likeness (QED) is 0.327. The normalized spacial score (nSPS) is 15.2. The minimum absolute atomic E-state index is 0.115. The SMILES string of the molecule is Cc1c(-c2c(C)c3c(c(C)c2[C@H](OC(C)(C)C)C(=O)O)CN(C(=O)c2cc(F)cc(Cl)c2)C3)cc(F)c2c1CCCO2. The summed E-state index contributed by atoms with van der Waals surface area (Å²) in [5, 5.41) is 10.6. The number of carboxylic acid groups (broad SMARTS) is 1. The fraction of sp³-hybridized carbons (Fsp3) is 0.394. The maximum Gasteiger partial charge on any atom is 0.337 e. The van der Waals surface area contributed by atoms with Crippen molar-refractivity contribution in [1.82, 2.24) is 4.90 Å². The molecule has 1 amide bonds. The molecule has 5 rings (SSSR count). The minimum Gasteiger partial charge on any atom is -0.490 e. The first-order valence-electron chi connectivity index (χ1n) is 13.9. The largest absolute Gasteiger partial charge is 0.490 e. The Morgan fingerprint density at radius 3 is 2.29 bits per heavy atom. The van der Waals surface area contributed by atoms with E-state index in [9.17, 15) is 19.1 Å². The van der Waals surface area contributed by atoms with Crippen LogP contribution in [-0.4, -0.2) is 34.1 Å². The van der Waals surface area contributed by atoms with E-state index in [1.54, 1.807) is 25.7 Å². The molecule has 0 aliphatic carbocycles. The van der Waals surface area contributed by atoms with Crippen LogP contribution in [0, 0.1) is 32.4 Å². The first kappa shape index (κ1) is 30.0. The molecule has 0 spiro atoms. The standard InChI is InChI=1S/C33H34ClF2NO5/c1-16-22-8-7-9-41-29(22)26(36)13-23(16)27-17(2)24-14-37(31(38)19-10-20(34)12-21(35)11-19)15-25(24)18(3)28(27)30(32(39)40)42-33(4,5)6/h10-13,30H,7-9,14-15H2,1-6H3,(H,39,40)/t30-/m0/s1. The van der Waals surface area contributed by atoms with E-state index < -0.39 is 35.2 Å². The van der Waals surface area contributed by atoms with Crippen LogP contribution < -0.4 is 4.74 Å². The van der Waals surface area contributed by atoms with Crippen molar-refractivity contribution in [2.75, 3.05) is 6.61 Å². The van der Waals surface area contributed by atoms with E-state index in [4.69, 9.17) is 21.1 Å². The Morgan fingerprint density at radius 2 is 1.67 bits per heavy atom. The number of halogens is 3. The lowest BCUT2D eigenvalue weighted by Gasteiger charge is -2.31. The number of carbonyl (C=O) groups is 2. The van der Waals surface area contributed by atoms with E-state index in [0.29, 0.717) is 35.3 Å². The van der Waals surface area contributed by atoms with Gasteiger partial charge in [-0.25, -0.2) is 13.6 Å². The molecule has 9 heteroatoms. The summed E-state index contributed by atoms with van der Waals surface area (Å²) < 4.78 is 41.4. The number of fused-ring (bicyclic) bond motifs is 2. The van der Waals surface area contributed by atoms with Crippen LogP contribution in [0.4, 0.5) is 8.78 Å². The highest BCUT2D eigenvalue weighted by molar-refractivity contribution is 6.31. The van der Waals surface area contributed by atoms with Crippen molar-refractivity contribution in [2.45, 2.75) is 79.2 Å². The Kier molecular flexibility index (Phi) is 7.83. The number of hydrogen-bond acceptors (Lipinski definition) is 4. The maximum absolute atomic E-state index is 15.5. The molecule has 0 saturated carbocycles. The molecule has 0 bridgehead atoms. The second kappa shape index (κ2) is 11.0. The molecule has 2 aliphatic rings. The molecular weight excluding hydrogens is 564 g/mol. The molecule has 222 valence electrons. The van der Waals surface area contributed by atoms with Gasteiger partial charge in [0.1, 0.15) is 5.82 Å². The molecule has 0 aromatic heterocycles. The van der Waals surface area contributed by atoms with Gasteiger partial charge in [-0.15, -0.1) is 0 Å². The van der Waals surface area contributed by atoms with Gasteiger partial charge in [0.2, 0.25) is 0 Å². The van der Waals surface area contributed by atoms with Crippen LogP contribution in [0.2, 0.25) is 5.02 Å². The maximum atomic E-state index is 15.5. The molecule has 6 nitrogen and oxygen atoms in total. The Balaban J connectivity index is 1.74. The summed E-state index contributed by atoms with van der Waals surface area (Å²) >= 11 is 6.03. The first-order valence-corrected chi connectivity index (χ1v) is 14.3. The van der Waals surface area contributed by atoms with Crippen LogP contribution in [0.1, 0.15) is 82.6 Å². The molecule has 0 unspecified atom stereocenters. The third kappa shape index (κ3) is 5.38. The fourth-order valence-corrected chi connectivity index (χ4v) is 6.43. The van der Waals surface area contributed by atoms with Crippen LogP contribution in [0.15, 0.2) is 24.3 Å². The van der Waals surface area contributed by atoms with Crippen molar-refractivity contribution in [2.24, 2.45) is 0 Å². The summed E-state index contributed by atoms with van der Waals surface area (Å²) in [5.74, 6) is -2.45. The van der Waals surface area contributed by atoms with E-state index in [-0.39, 0.29) is 29.4 Å². The molecule has 0 radical (unpaired) electrons. The van der Waals surface area contributed by atoms with E-state index in [0.717, 1.165) is 46.4 Å². The number of carbonyl (C=O) groups excluding carboxylic acids is 1. The lowest BCUT2D eigenvalue weighted by atomic mass is 9.81. The van der Waals surface area contributed by atoms with Gasteiger partial charge in [0.25, 0.3) is 5.91 Å². The van der Waals surface area contributed by atoms with Gasteiger partial charge >= 0.3 is 5.97 Å². The van der Waals surface area contributed by atoms with Crippen LogP contribution >= 0.6 is 11.6 Å². The molecular formula is C33H34ClF2NO5. The van der Waals surface area contributed by atoms with Gasteiger partial charge in [0, 0.05) is 34.8 Å². The van der Waals surface area contributed by atoms with Crippen LogP contribution in [0.3, 0.4) is 0 Å². The minimum atomic E-state index is -1.36. The predicted octanol–water partition coefficient (Wildman–Crippen LogP) is 7.63. The second-order valence-corrected chi connectivity index (χ2v) is 12.5. The van der Waals surface area contributed by atoms with Gasteiger partial charge < -0.3 is 19.5 Å². The van der Waals surface area contributed by atoms with E-state index in [1.165, 1.54) is 12.1 Å². The number of nitrogens with zero attached hydrogens (tertiary/aromatic N) is 1. The molecule has 0 fully saturated rings. The van der Waals surface area contributed by atoms with Crippen molar-refractivity contribution < 1.29 is 33.0 Å². The summed E-state index contributed by atoms with van der Waals surface area (Å²) in [6, 6.07) is 5.12. The zero-order valence-corrected chi connectivity index (χ0v) is 25.3. The zero-order chi connectivity index (χ0) is 30.7. The van der Waals surface area contributed by atoms with Crippen LogP contribution in [0.5, 0.6) is 5.75 Å². The predicted molar refractivity (Wildman–Crippen MR) is 156 cm³/mol. The Labute approximate surface area is 249 Å². The smallest absolute Gasteiger partial charge is 0.337 e. The van der Waals surface area contributed by atoms with Gasteiger partial charge in [-0.05, 0) is 118 Å². The number of aliphatic carboxylic acids is 1. The lowest BCUT2D eigenvalue weighted by molar-refractivity contribution is -0.160. The summed E-state index contributed by atoms with van der Waals surface area (Å²) in [6.45, 7) is 11.8. The molecule has 1 atom stereocenters. The highest BCUT2D eigenvalue weighted by Crippen LogP contribution is 2.47. The lowest BCUT2D eigenvalue weighted by Crippen LogP contribution is -2.29. The number of rotatable bonds is 5. The number of carboxylic acids is 1. The Morgan fingerprint density at radius 1 is 1.00 bits per heavy atom. The zero-order valence-electron chi connectivity index (χ0n) is 24.6. The first-order chi connectivity index (χ1) is 19.7. The van der Waals surface area contributed by atoms with Crippen molar-refractivity contribution in [3.05, 3.63) is 85.4 Å². The van der Waals surface area contributed by atoms with Gasteiger partial charge in [-0.3, -0.25) is 4.79 Å². The topological polar surface area (TPSA) is 76.1 Å². The van der Waals surface area contributed by atoms with E-state index in [1.807, 2.05) is 20.8 Å². The second-order valence-electron chi connectivity index (χ2n) is 12.1. The molecule has 42 heavy (non-hydrogen) atoms. The van der Waals surface area contributed by atoms with Gasteiger partial charge in [0.15, 0.2) is 17.7 Å². The number of amides is 1. The Bertz CT molecular complexity index is 1610. The summed E-state index contributed by atoms with van der Waals surface area (Å²) in [7, 11) is 0.